The Morgan fingerprint density at radius 3 is 2.29 bits per heavy atom. The molecule has 1 heterocycles. The van der Waals surface area contributed by atoms with E-state index in [1.165, 1.54) is 4.31 Å². The average Bonchev–Trinajstić information content (AvgIpc) is 2.71. The van der Waals surface area contributed by atoms with Crippen LogP contribution in [-0.4, -0.2) is 50.4 Å². The molecule has 2 aromatic carbocycles. The highest BCUT2D eigenvalue weighted by atomic mass is 32.2. The van der Waals surface area contributed by atoms with E-state index in [1.54, 1.807) is 24.3 Å². The van der Waals surface area contributed by atoms with Crippen molar-refractivity contribution < 1.29 is 13.2 Å². The second-order valence-corrected chi connectivity index (χ2v) is 8.67. The fourth-order valence-electron chi connectivity index (χ4n) is 3.47. The molecule has 1 fully saturated rings. The van der Waals surface area contributed by atoms with Crippen LogP contribution in [0, 0.1) is 18.3 Å². The number of nitriles is 1. The second kappa shape index (κ2) is 8.74. The number of ether oxygens (including phenoxy) is 1. The highest BCUT2D eigenvalue weighted by Gasteiger charge is 2.32. The molecule has 1 aliphatic heterocycles. The second-order valence-electron chi connectivity index (χ2n) is 6.73. The van der Waals surface area contributed by atoms with Crippen LogP contribution in [0.4, 0.5) is 0 Å². The maximum atomic E-state index is 12.9. The maximum absolute atomic E-state index is 12.9. The van der Waals surface area contributed by atoms with Gasteiger partial charge in [-0.25, -0.2) is 8.42 Å². The molecule has 1 unspecified atom stereocenters. The minimum atomic E-state index is -3.55. The summed E-state index contributed by atoms with van der Waals surface area (Å²) in [5.74, 6) is 0.654. The third-order valence-corrected chi connectivity index (χ3v) is 6.93. The first-order chi connectivity index (χ1) is 13.5. The number of sulfonamides is 1. The molecule has 0 spiro atoms. The molecule has 0 aliphatic carbocycles. The summed E-state index contributed by atoms with van der Waals surface area (Å²) in [5.41, 5.74) is 2.05. The van der Waals surface area contributed by atoms with E-state index in [2.05, 4.69) is 6.07 Å². The number of benzene rings is 2. The summed E-state index contributed by atoms with van der Waals surface area (Å²) in [7, 11) is -3.55. The normalized spacial score (nSPS) is 17.0. The zero-order chi connectivity index (χ0) is 20.1. The number of piperazine rings is 1. The van der Waals surface area contributed by atoms with E-state index in [4.69, 9.17) is 4.74 Å². The van der Waals surface area contributed by atoms with Gasteiger partial charge in [0, 0.05) is 26.2 Å². The van der Waals surface area contributed by atoms with Crippen LogP contribution in [0.15, 0.2) is 53.4 Å². The highest BCUT2D eigenvalue weighted by molar-refractivity contribution is 7.89. The number of aryl methyl sites for hydroxylation is 1. The van der Waals surface area contributed by atoms with Crippen molar-refractivity contribution in [1.82, 2.24) is 9.21 Å². The van der Waals surface area contributed by atoms with Gasteiger partial charge < -0.3 is 4.74 Å². The molecular formula is C21H25N3O3S. The van der Waals surface area contributed by atoms with Crippen LogP contribution >= 0.6 is 0 Å². The predicted molar refractivity (Wildman–Crippen MR) is 107 cm³/mol. The molecule has 6 nitrogen and oxygen atoms in total. The van der Waals surface area contributed by atoms with Crippen LogP contribution in [0.5, 0.6) is 5.75 Å². The third kappa shape index (κ3) is 4.20. The van der Waals surface area contributed by atoms with Crippen molar-refractivity contribution in [3.63, 3.8) is 0 Å². The van der Waals surface area contributed by atoms with Crippen LogP contribution < -0.4 is 4.74 Å². The van der Waals surface area contributed by atoms with Gasteiger partial charge in [-0.05, 0) is 49.2 Å². The molecule has 1 atom stereocenters. The van der Waals surface area contributed by atoms with Crippen LogP contribution in [0.1, 0.15) is 24.1 Å². The van der Waals surface area contributed by atoms with Gasteiger partial charge in [-0.15, -0.1) is 0 Å². The molecule has 1 saturated heterocycles. The largest absolute Gasteiger partial charge is 0.494 e. The van der Waals surface area contributed by atoms with Gasteiger partial charge in [0.1, 0.15) is 11.8 Å². The summed E-state index contributed by atoms with van der Waals surface area (Å²) in [4.78, 5) is 2.31. The molecule has 0 radical (unpaired) electrons. The Balaban J connectivity index is 1.70. The zero-order valence-electron chi connectivity index (χ0n) is 16.2. The van der Waals surface area contributed by atoms with Crippen molar-refractivity contribution >= 4 is 10.0 Å². The first kappa shape index (κ1) is 20.3. The van der Waals surface area contributed by atoms with Crippen LogP contribution in [-0.2, 0) is 10.0 Å². The quantitative estimate of drug-likeness (QED) is 0.747. The Labute approximate surface area is 167 Å². The molecule has 0 amide bonds. The SMILES string of the molecule is CCOc1ccc(S(=O)(=O)N2CCN(C(C#N)c3ccccc3C)CC2)cc1. The first-order valence-corrected chi connectivity index (χ1v) is 10.8. The maximum Gasteiger partial charge on any atom is 0.243 e. The summed E-state index contributed by atoms with van der Waals surface area (Å²) in [6.45, 7) is 6.17. The minimum absolute atomic E-state index is 0.264. The van der Waals surface area contributed by atoms with E-state index in [1.807, 2.05) is 43.0 Å². The fourth-order valence-corrected chi connectivity index (χ4v) is 4.89. The highest BCUT2D eigenvalue weighted by Crippen LogP contribution is 2.26. The molecule has 3 rings (SSSR count). The molecule has 0 bridgehead atoms. The lowest BCUT2D eigenvalue weighted by molar-refractivity contribution is 0.162. The number of hydrogen-bond donors (Lipinski definition) is 0. The van der Waals surface area contributed by atoms with Gasteiger partial charge in [-0.2, -0.15) is 9.57 Å². The lowest BCUT2D eigenvalue weighted by Gasteiger charge is -2.36. The molecule has 0 N–H and O–H groups in total. The molecule has 0 aromatic heterocycles. The van der Waals surface area contributed by atoms with E-state index < -0.39 is 10.0 Å². The number of nitrogens with zero attached hydrogens (tertiary/aromatic N) is 3. The van der Waals surface area contributed by atoms with E-state index in [0.29, 0.717) is 38.5 Å². The van der Waals surface area contributed by atoms with Crippen LogP contribution in [0.2, 0.25) is 0 Å². The minimum Gasteiger partial charge on any atom is -0.494 e. The van der Waals surface area contributed by atoms with Crippen molar-refractivity contribution in [3.05, 3.63) is 59.7 Å². The smallest absolute Gasteiger partial charge is 0.243 e. The summed E-state index contributed by atoms with van der Waals surface area (Å²) in [6, 6.07) is 16.4. The Morgan fingerprint density at radius 1 is 1.07 bits per heavy atom. The summed E-state index contributed by atoms with van der Waals surface area (Å²) in [5, 5.41) is 9.69. The lowest BCUT2D eigenvalue weighted by Crippen LogP contribution is -2.49. The van der Waals surface area contributed by atoms with E-state index in [0.717, 1.165) is 11.1 Å². The summed E-state index contributed by atoms with van der Waals surface area (Å²) < 4.78 is 32.7. The topological polar surface area (TPSA) is 73.6 Å². The van der Waals surface area contributed by atoms with E-state index in [9.17, 15) is 13.7 Å². The predicted octanol–water partition coefficient (Wildman–Crippen LogP) is 2.96. The molecule has 28 heavy (non-hydrogen) atoms. The molecule has 1 aliphatic rings. The Morgan fingerprint density at radius 2 is 1.71 bits per heavy atom. The van der Waals surface area contributed by atoms with Gasteiger partial charge in [-0.3, -0.25) is 4.90 Å². The number of hydrogen-bond acceptors (Lipinski definition) is 5. The van der Waals surface area contributed by atoms with Crippen molar-refractivity contribution in [2.75, 3.05) is 32.8 Å². The Hall–Kier alpha value is -2.40. The van der Waals surface area contributed by atoms with Gasteiger partial charge in [-0.1, -0.05) is 24.3 Å². The third-order valence-electron chi connectivity index (χ3n) is 5.02. The molecule has 2 aromatic rings. The lowest BCUT2D eigenvalue weighted by atomic mass is 10.0. The van der Waals surface area contributed by atoms with Crippen molar-refractivity contribution in [3.8, 4) is 11.8 Å². The van der Waals surface area contributed by atoms with E-state index in [-0.39, 0.29) is 10.9 Å². The van der Waals surface area contributed by atoms with Crippen molar-refractivity contribution in [1.29, 1.82) is 5.26 Å². The summed E-state index contributed by atoms with van der Waals surface area (Å²) in [6.07, 6.45) is 0. The molecular weight excluding hydrogens is 374 g/mol. The van der Waals surface area contributed by atoms with Crippen molar-refractivity contribution in [2.24, 2.45) is 0 Å². The molecule has 0 saturated carbocycles. The van der Waals surface area contributed by atoms with Gasteiger partial charge >= 0.3 is 0 Å². The van der Waals surface area contributed by atoms with E-state index >= 15 is 0 Å². The summed E-state index contributed by atoms with van der Waals surface area (Å²) >= 11 is 0. The van der Waals surface area contributed by atoms with Gasteiger partial charge in [0.25, 0.3) is 0 Å². The van der Waals surface area contributed by atoms with Gasteiger partial charge in [0.15, 0.2) is 0 Å². The van der Waals surface area contributed by atoms with Gasteiger partial charge in [0.05, 0.1) is 17.6 Å². The molecule has 7 heteroatoms. The zero-order valence-corrected chi connectivity index (χ0v) is 17.0. The van der Waals surface area contributed by atoms with Gasteiger partial charge in [0.2, 0.25) is 10.0 Å². The average molecular weight is 400 g/mol. The van der Waals surface area contributed by atoms with Crippen molar-refractivity contribution in [2.45, 2.75) is 24.8 Å². The Kier molecular flexibility index (Phi) is 6.35. The standard InChI is InChI=1S/C21H25N3O3S/c1-3-27-18-8-10-19(11-9-18)28(25,26)24-14-12-23(13-15-24)21(16-22)20-7-5-4-6-17(20)2/h4-11,21H,3,12-15H2,1-2H3. The monoisotopic (exact) mass is 399 g/mol. The van der Waals surface area contributed by atoms with Crippen LogP contribution in [0.25, 0.3) is 0 Å². The first-order valence-electron chi connectivity index (χ1n) is 9.39. The Bertz CT molecular complexity index is 944. The molecule has 148 valence electrons. The number of rotatable bonds is 6. The fraction of sp³-hybridized carbons (Fsp3) is 0.381. The van der Waals surface area contributed by atoms with Crippen LogP contribution in [0.3, 0.4) is 0 Å².